The third-order valence-corrected chi connectivity index (χ3v) is 7.95. The van der Waals surface area contributed by atoms with Gasteiger partial charge in [0.05, 0.1) is 18.4 Å². The minimum absolute atomic E-state index is 0.112. The largest absolute Gasteiger partial charge is 0.465 e. The Morgan fingerprint density at radius 3 is 2.66 bits per heavy atom. The molecule has 1 aromatic carbocycles. The summed E-state index contributed by atoms with van der Waals surface area (Å²) in [7, 11) is 1.31. The Morgan fingerprint density at radius 2 is 1.94 bits per heavy atom. The first-order valence-electron chi connectivity index (χ1n) is 10.7. The molecule has 4 rings (SSSR count). The number of anilines is 1. The maximum Gasteiger partial charge on any atom is 0.340 e. The van der Waals surface area contributed by atoms with Crippen LogP contribution in [0.1, 0.15) is 20.8 Å². The van der Waals surface area contributed by atoms with Crippen molar-refractivity contribution in [2.75, 3.05) is 18.2 Å². The molecule has 0 saturated heterocycles. The Morgan fingerprint density at radius 1 is 1.17 bits per heavy atom. The van der Waals surface area contributed by atoms with Gasteiger partial charge in [0.25, 0.3) is 0 Å². The molecule has 3 aromatic heterocycles. The molecule has 0 aliphatic rings. The van der Waals surface area contributed by atoms with Gasteiger partial charge >= 0.3 is 5.97 Å². The van der Waals surface area contributed by atoms with E-state index in [1.807, 2.05) is 4.57 Å². The molecule has 4 aromatic rings. The molecule has 0 saturated carbocycles. The molecule has 0 atom stereocenters. The van der Waals surface area contributed by atoms with Crippen LogP contribution >= 0.6 is 34.4 Å². The van der Waals surface area contributed by atoms with Gasteiger partial charge in [-0.15, -0.1) is 39.4 Å². The zero-order valence-electron chi connectivity index (χ0n) is 19.5. The number of thioether (sulfide) groups is 1. The van der Waals surface area contributed by atoms with Crippen molar-refractivity contribution < 1.29 is 14.3 Å². The molecule has 0 aliphatic heterocycles. The molecule has 1 N–H and O–H groups in total. The molecule has 180 valence electrons. The first kappa shape index (κ1) is 24.9. The lowest BCUT2D eigenvalue weighted by Gasteiger charge is -2.10. The summed E-state index contributed by atoms with van der Waals surface area (Å²) < 4.78 is 6.73. The van der Waals surface area contributed by atoms with Gasteiger partial charge in [0.15, 0.2) is 11.0 Å². The summed E-state index contributed by atoms with van der Waals surface area (Å²) in [5.74, 6) is 0.115. The Kier molecular flexibility index (Phi) is 7.84. The highest BCUT2D eigenvalue weighted by atomic mass is 32.2. The van der Waals surface area contributed by atoms with Crippen molar-refractivity contribution in [3.05, 3.63) is 69.8 Å². The Balaban J connectivity index is 1.56. The summed E-state index contributed by atoms with van der Waals surface area (Å²) in [6.45, 7) is 8.56. The van der Waals surface area contributed by atoms with E-state index in [9.17, 15) is 9.59 Å². The van der Waals surface area contributed by atoms with Crippen LogP contribution in [-0.2, 0) is 16.1 Å². The molecule has 0 aliphatic carbocycles. The van der Waals surface area contributed by atoms with Crippen LogP contribution in [-0.4, -0.2) is 39.5 Å². The van der Waals surface area contributed by atoms with Gasteiger partial charge in [-0.1, -0.05) is 47.7 Å². The molecule has 10 heteroatoms. The molecular weight excluding hydrogens is 501 g/mol. The van der Waals surface area contributed by atoms with Crippen LogP contribution in [0.4, 0.5) is 5.00 Å². The number of methoxy groups -OCH3 is 1. The van der Waals surface area contributed by atoms with Gasteiger partial charge in [-0.05, 0) is 30.9 Å². The summed E-state index contributed by atoms with van der Waals surface area (Å²) in [5.41, 5.74) is 4.81. The number of hydrogen-bond acceptors (Lipinski definition) is 8. The lowest BCUT2D eigenvalue weighted by atomic mass is 10.0. The van der Waals surface area contributed by atoms with Gasteiger partial charge in [0.1, 0.15) is 5.00 Å². The number of rotatable bonds is 9. The summed E-state index contributed by atoms with van der Waals surface area (Å²) in [4.78, 5) is 25.7. The molecule has 7 nitrogen and oxygen atoms in total. The third-order valence-electron chi connectivity index (χ3n) is 5.24. The van der Waals surface area contributed by atoms with Crippen LogP contribution in [0.3, 0.4) is 0 Å². The standard InChI is InChI=1S/C25H24N4O3S3/c1-5-11-29-22(19-13-34-16(3)21(19)17-8-6-15(2)7-9-17)27-28-25(29)35-14-20(30)26-23-18(10-12-33-23)24(31)32-4/h5-10,12-13H,1,11,14H2,2-4H3,(H,26,30). The van der Waals surface area contributed by atoms with Gasteiger partial charge < -0.3 is 10.1 Å². The van der Waals surface area contributed by atoms with E-state index in [1.54, 1.807) is 28.9 Å². The Hall–Kier alpha value is -3.21. The third kappa shape index (κ3) is 5.39. The lowest BCUT2D eigenvalue weighted by Crippen LogP contribution is -2.16. The van der Waals surface area contributed by atoms with Crippen molar-refractivity contribution in [1.82, 2.24) is 14.8 Å². The highest BCUT2D eigenvalue weighted by molar-refractivity contribution is 7.99. The number of hydrogen-bond donors (Lipinski definition) is 1. The molecule has 35 heavy (non-hydrogen) atoms. The molecule has 3 heterocycles. The maximum absolute atomic E-state index is 12.6. The maximum atomic E-state index is 12.6. The molecule has 0 spiro atoms. The van der Waals surface area contributed by atoms with Gasteiger partial charge in [0, 0.05) is 27.9 Å². The number of nitrogens with one attached hydrogen (secondary N) is 1. The minimum Gasteiger partial charge on any atom is -0.465 e. The molecule has 0 radical (unpaired) electrons. The molecule has 1 amide bonds. The summed E-state index contributed by atoms with van der Waals surface area (Å²) >= 11 is 4.23. The minimum atomic E-state index is -0.486. The number of nitrogens with zero attached hydrogens (tertiary/aromatic N) is 3. The van der Waals surface area contributed by atoms with Crippen molar-refractivity contribution in [2.24, 2.45) is 0 Å². The van der Waals surface area contributed by atoms with Gasteiger partial charge in [-0.25, -0.2) is 4.79 Å². The number of aromatic nitrogens is 3. The normalized spacial score (nSPS) is 10.8. The topological polar surface area (TPSA) is 86.1 Å². The lowest BCUT2D eigenvalue weighted by molar-refractivity contribution is -0.113. The van der Waals surface area contributed by atoms with Crippen molar-refractivity contribution in [3.8, 4) is 22.5 Å². The monoisotopic (exact) mass is 524 g/mol. The zero-order valence-corrected chi connectivity index (χ0v) is 22.0. The van der Waals surface area contributed by atoms with Crippen LogP contribution in [0, 0.1) is 13.8 Å². The molecule has 0 unspecified atom stereocenters. The van der Waals surface area contributed by atoms with Gasteiger partial charge in [0.2, 0.25) is 5.91 Å². The number of benzene rings is 1. The van der Waals surface area contributed by atoms with Gasteiger partial charge in [-0.2, -0.15) is 0 Å². The first-order chi connectivity index (χ1) is 16.9. The fraction of sp³-hybridized carbons (Fsp3) is 0.200. The average molecular weight is 525 g/mol. The summed E-state index contributed by atoms with van der Waals surface area (Å²) in [6, 6.07) is 10.1. The predicted molar refractivity (Wildman–Crippen MR) is 143 cm³/mol. The van der Waals surface area contributed by atoms with E-state index in [4.69, 9.17) is 4.74 Å². The fourth-order valence-corrected chi connectivity index (χ4v) is 5.96. The predicted octanol–water partition coefficient (Wildman–Crippen LogP) is 6.06. The van der Waals surface area contributed by atoms with Crippen molar-refractivity contribution in [3.63, 3.8) is 0 Å². The number of thiophene rings is 2. The number of carbonyl (C=O) groups excluding carboxylic acids is 2. The van der Waals surface area contributed by atoms with Crippen LogP contribution < -0.4 is 5.32 Å². The van der Waals surface area contributed by atoms with Crippen LogP contribution in [0.5, 0.6) is 0 Å². The van der Waals surface area contributed by atoms with E-state index in [1.165, 1.54) is 40.6 Å². The second-order valence-corrected chi connectivity index (χ2v) is 10.6. The Labute approximate surface area is 215 Å². The smallest absolute Gasteiger partial charge is 0.340 e. The first-order valence-corrected chi connectivity index (χ1v) is 13.5. The van der Waals surface area contributed by atoms with E-state index in [0.717, 1.165) is 22.5 Å². The highest BCUT2D eigenvalue weighted by Crippen LogP contribution is 2.39. The van der Waals surface area contributed by atoms with E-state index < -0.39 is 5.97 Å². The number of aryl methyl sites for hydroxylation is 2. The van der Waals surface area contributed by atoms with Gasteiger partial charge in [-0.3, -0.25) is 9.36 Å². The second-order valence-electron chi connectivity index (χ2n) is 7.64. The zero-order chi connectivity index (χ0) is 24.9. The second kappa shape index (κ2) is 11.0. The van der Waals surface area contributed by atoms with Crippen molar-refractivity contribution in [2.45, 2.75) is 25.5 Å². The van der Waals surface area contributed by atoms with Crippen LogP contribution in [0.25, 0.3) is 22.5 Å². The average Bonchev–Trinajstić information content (AvgIpc) is 3.57. The van der Waals surface area contributed by atoms with Crippen molar-refractivity contribution in [1.29, 1.82) is 0 Å². The number of esters is 1. The van der Waals surface area contributed by atoms with Crippen LogP contribution in [0.15, 0.2) is 58.9 Å². The SMILES string of the molecule is C=CCn1c(SCC(=O)Nc2sccc2C(=O)OC)nnc1-c1csc(C)c1-c1ccc(C)cc1. The fourth-order valence-electron chi connectivity index (χ4n) is 3.56. The van der Waals surface area contributed by atoms with E-state index in [2.05, 4.69) is 65.6 Å². The quantitative estimate of drug-likeness (QED) is 0.163. The van der Waals surface area contributed by atoms with Crippen LogP contribution in [0.2, 0.25) is 0 Å². The molecular formula is C25H24N4O3S3. The van der Waals surface area contributed by atoms with Crippen molar-refractivity contribution >= 4 is 51.3 Å². The van der Waals surface area contributed by atoms with E-state index in [0.29, 0.717) is 22.3 Å². The summed E-state index contributed by atoms with van der Waals surface area (Å²) in [5, 5.41) is 16.6. The van der Waals surface area contributed by atoms with E-state index in [-0.39, 0.29) is 11.7 Å². The van der Waals surface area contributed by atoms with E-state index >= 15 is 0 Å². The number of allylic oxidation sites excluding steroid dienone is 1. The molecule has 0 bridgehead atoms. The number of ether oxygens (including phenoxy) is 1. The number of carbonyl (C=O) groups is 2. The highest BCUT2D eigenvalue weighted by Gasteiger charge is 2.21. The summed E-state index contributed by atoms with van der Waals surface area (Å²) in [6.07, 6.45) is 1.79. The molecule has 0 fully saturated rings. The Bertz CT molecular complexity index is 1370. The number of amides is 1.